The molecule has 0 aliphatic rings. The van der Waals surface area contributed by atoms with Gasteiger partial charge in [-0.15, -0.1) is 0 Å². The topological polar surface area (TPSA) is 90.5 Å². The Bertz CT molecular complexity index is 1130. The molecule has 0 radical (unpaired) electrons. The molecule has 0 saturated carbocycles. The summed E-state index contributed by atoms with van der Waals surface area (Å²) in [6, 6.07) is 9.81. The molecule has 0 bridgehead atoms. The van der Waals surface area contributed by atoms with Gasteiger partial charge in [-0.2, -0.15) is 0 Å². The second-order valence-corrected chi connectivity index (χ2v) is 9.02. The van der Waals surface area contributed by atoms with Crippen LogP contribution in [0.3, 0.4) is 0 Å². The lowest BCUT2D eigenvalue weighted by Crippen LogP contribution is -2.18. The SMILES string of the molecule is COCCCn1c(C)c(C)c(S(=O)(=O)c2ccc(C)cc2)c1NC(=O)c1ccco1. The van der Waals surface area contributed by atoms with Crippen molar-refractivity contribution in [3.63, 3.8) is 0 Å². The standard InChI is InChI=1S/C22H26N2O5S/c1-15-8-10-18(11-9-15)30(26,27)20-16(2)17(3)24(12-6-13-28-4)21(20)23-22(25)19-7-5-14-29-19/h5,7-11,14H,6,12-13H2,1-4H3,(H,23,25). The lowest BCUT2D eigenvalue weighted by atomic mass is 10.2. The molecular weight excluding hydrogens is 404 g/mol. The van der Waals surface area contributed by atoms with Crippen LogP contribution in [-0.4, -0.2) is 32.6 Å². The Balaban J connectivity index is 2.14. The predicted octanol–water partition coefficient (Wildman–Crippen LogP) is 4.13. The Kier molecular flexibility index (Phi) is 6.48. The Morgan fingerprint density at radius 1 is 1.13 bits per heavy atom. The Morgan fingerprint density at radius 3 is 2.43 bits per heavy atom. The highest BCUT2D eigenvalue weighted by Crippen LogP contribution is 2.36. The van der Waals surface area contributed by atoms with Crippen LogP contribution in [0, 0.1) is 20.8 Å². The van der Waals surface area contributed by atoms with Gasteiger partial charge in [-0.3, -0.25) is 4.79 Å². The number of furan rings is 1. The third-order valence-electron chi connectivity index (χ3n) is 5.08. The highest BCUT2D eigenvalue weighted by atomic mass is 32.2. The molecule has 8 heteroatoms. The molecule has 1 aromatic carbocycles. The molecular formula is C22H26N2O5S. The summed E-state index contributed by atoms with van der Waals surface area (Å²) in [5.74, 6) is -0.164. The zero-order chi connectivity index (χ0) is 21.9. The van der Waals surface area contributed by atoms with Crippen LogP contribution >= 0.6 is 0 Å². The zero-order valence-electron chi connectivity index (χ0n) is 17.6. The molecule has 2 heterocycles. The molecule has 1 N–H and O–H groups in total. The molecule has 30 heavy (non-hydrogen) atoms. The number of carbonyl (C=O) groups is 1. The van der Waals surface area contributed by atoms with Crippen molar-refractivity contribution in [2.45, 2.75) is 43.5 Å². The molecule has 1 amide bonds. The number of rotatable bonds is 8. The quantitative estimate of drug-likeness (QED) is 0.543. The molecule has 160 valence electrons. The summed E-state index contributed by atoms with van der Waals surface area (Å²) in [4.78, 5) is 13.0. The van der Waals surface area contributed by atoms with E-state index in [0.29, 0.717) is 25.1 Å². The smallest absolute Gasteiger partial charge is 0.292 e. The van der Waals surface area contributed by atoms with Gasteiger partial charge in [-0.1, -0.05) is 17.7 Å². The number of hydrogen-bond donors (Lipinski definition) is 1. The number of anilines is 1. The molecule has 0 atom stereocenters. The van der Waals surface area contributed by atoms with Crippen LogP contribution in [0.25, 0.3) is 0 Å². The first kappa shape index (κ1) is 21.9. The first-order valence-electron chi connectivity index (χ1n) is 9.62. The van der Waals surface area contributed by atoms with E-state index >= 15 is 0 Å². The van der Waals surface area contributed by atoms with Crippen LogP contribution in [0.1, 0.15) is 33.8 Å². The molecule has 0 unspecified atom stereocenters. The van der Waals surface area contributed by atoms with E-state index in [2.05, 4.69) is 5.32 Å². The lowest BCUT2D eigenvalue weighted by molar-refractivity contribution is 0.0995. The van der Waals surface area contributed by atoms with Crippen molar-refractivity contribution in [1.82, 2.24) is 4.57 Å². The van der Waals surface area contributed by atoms with Crippen LogP contribution < -0.4 is 5.32 Å². The number of nitrogens with one attached hydrogen (secondary N) is 1. The number of ether oxygens (including phenoxy) is 1. The van der Waals surface area contributed by atoms with E-state index in [1.54, 1.807) is 44.4 Å². The van der Waals surface area contributed by atoms with Gasteiger partial charge >= 0.3 is 0 Å². The average Bonchev–Trinajstić information content (AvgIpc) is 3.32. The third-order valence-corrected chi connectivity index (χ3v) is 7.01. The van der Waals surface area contributed by atoms with Crippen molar-refractivity contribution in [3.8, 4) is 0 Å². The molecule has 0 aliphatic carbocycles. The van der Waals surface area contributed by atoms with Gasteiger partial charge in [0.1, 0.15) is 10.7 Å². The van der Waals surface area contributed by atoms with Crippen molar-refractivity contribution in [1.29, 1.82) is 0 Å². The summed E-state index contributed by atoms with van der Waals surface area (Å²) >= 11 is 0. The molecule has 0 spiro atoms. The number of methoxy groups -OCH3 is 1. The van der Waals surface area contributed by atoms with Crippen molar-refractivity contribution < 1.29 is 22.4 Å². The summed E-state index contributed by atoms with van der Waals surface area (Å²) in [5, 5.41) is 2.77. The summed E-state index contributed by atoms with van der Waals surface area (Å²) in [6.07, 6.45) is 2.06. The maximum absolute atomic E-state index is 13.5. The largest absolute Gasteiger partial charge is 0.459 e. The molecule has 3 rings (SSSR count). The molecule has 0 saturated heterocycles. The molecule has 7 nitrogen and oxygen atoms in total. The Hall–Kier alpha value is -2.84. The fourth-order valence-corrected chi connectivity index (χ4v) is 5.04. The van der Waals surface area contributed by atoms with Crippen molar-refractivity contribution >= 4 is 21.6 Å². The number of sulfone groups is 1. The van der Waals surface area contributed by atoms with Crippen LogP contribution in [0.4, 0.5) is 5.82 Å². The van der Waals surface area contributed by atoms with Crippen LogP contribution in [0.5, 0.6) is 0 Å². The van der Waals surface area contributed by atoms with E-state index in [1.165, 1.54) is 12.3 Å². The zero-order valence-corrected chi connectivity index (χ0v) is 18.4. The Labute approximate surface area is 176 Å². The van der Waals surface area contributed by atoms with E-state index in [9.17, 15) is 13.2 Å². The summed E-state index contributed by atoms with van der Waals surface area (Å²) in [6.45, 7) is 6.51. The number of amides is 1. The highest BCUT2D eigenvalue weighted by molar-refractivity contribution is 7.91. The maximum Gasteiger partial charge on any atom is 0.292 e. The average molecular weight is 431 g/mol. The number of aryl methyl sites for hydroxylation is 1. The van der Waals surface area contributed by atoms with Gasteiger partial charge in [-0.25, -0.2) is 8.42 Å². The minimum absolute atomic E-state index is 0.0983. The molecule has 3 aromatic rings. The van der Waals surface area contributed by atoms with Gasteiger partial charge in [0, 0.05) is 26.0 Å². The molecule has 0 aliphatic heterocycles. The molecule has 2 aromatic heterocycles. The first-order chi connectivity index (χ1) is 14.3. The lowest BCUT2D eigenvalue weighted by Gasteiger charge is -2.14. The van der Waals surface area contributed by atoms with Crippen molar-refractivity contribution in [2.24, 2.45) is 0 Å². The van der Waals surface area contributed by atoms with E-state index in [-0.39, 0.29) is 21.4 Å². The minimum Gasteiger partial charge on any atom is -0.459 e. The summed E-state index contributed by atoms with van der Waals surface area (Å²) in [5.41, 5.74) is 2.33. The maximum atomic E-state index is 13.5. The number of benzene rings is 1. The van der Waals surface area contributed by atoms with Crippen LogP contribution in [0.2, 0.25) is 0 Å². The normalized spacial score (nSPS) is 11.6. The fourth-order valence-electron chi connectivity index (χ4n) is 3.35. The van der Waals surface area contributed by atoms with E-state index in [0.717, 1.165) is 11.3 Å². The van der Waals surface area contributed by atoms with Gasteiger partial charge in [-0.05, 0) is 57.0 Å². The van der Waals surface area contributed by atoms with Crippen LogP contribution in [-0.2, 0) is 21.1 Å². The van der Waals surface area contributed by atoms with E-state index in [4.69, 9.17) is 9.15 Å². The predicted molar refractivity (Wildman–Crippen MR) is 114 cm³/mol. The monoisotopic (exact) mass is 430 g/mol. The fraction of sp³-hybridized carbons (Fsp3) is 0.318. The second-order valence-electron chi connectivity index (χ2n) is 7.13. The minimum atomic E-state index is -3.86. The van der Waals surface area contributed by atoms with Crippen LogP contribution in [0.15, 0.2) is 56.9 Å². The van der Waals surface area contributed by atoms with Gasteiger partial charge in [0.2, 0.25) is 9.84 Å². The second kappa shape index (κ2) is 8.89. The summed E-state index contributed by atoms with van der Waals surface area (Å²) in [7, 11) is -2.25. The number of hydrogen-bond acceptors (Lipinski definition) is 5. The molecule has 0 fully saturated rings. The van der Waals surface area contributed by atoms with Crippen molar-refractivity contribution in [3.05, 3.63) is 65.2 Å². The Morgan fingerprint density at radius 2 is 1.83 bits per heavy atom. The van der Waals surface area contributed by atoms with Crippen molar-refractivity contribution in [2.75, 3.05) is 19.0 Å². The highest BCUT2D eigenvalue weighted by Gasteiger charge is 2.31. The van der Waals surface area contributed by atoms with Gasteiger partial charge in [0.25, 0.3) is 5.91 Å². The first-order valence-corrected chi connectivity index (χ1v) is 11.1. The van der Waals surface area contributed by atoms with Gasteiger partial charge < -0.3 is 19.0 Å². The number of aromatic nitrogens is 1. The third kappa shape index (κ3) is 4.20. The van der Waals surface area contributed by atoms with Gasteiger partial charge in [0.05, 0.1) is 11.2 Å². The van der Waals surface area contributed by atoms with E-state index in [1.807, 2.05) is 18.4 Å². The van der Waals surface area contributed by atoms with Gasteiger partial charge in [0.15, 0.2) is 5.76 Å². The van der Waals surface area contributed by atoms with E-state index < -0.39 is 15.7 Å². The number of carbonyl (C=O) groups excluding carboxylic acids is 1. The number of nitrogens with zero attached hydrogens (tertiary/aromatic N) is 1. The summed E-state index contributed by atoms with van der Waals surface area (Å²) < 4.78 is 39.2.